The van der Waals surface area contributed by atoms with Crippen molar-refractivity contribution in [2.24, 2.45) is 0 Å². The van der Waals surface area contributed by atoms with Crippen molar-refractivity contribution in [1.82, 2.24) is 14.8 Å². The molecule has 0 spiro atoms. The van der Waals surface area contributed by atoms with Crippen LogP contribution in [-0.2, 0) is 6.54 Å². The van der Waals surface area contributed by atoms with Crippen LogP contribution in [0, 0.1) is 6.92 Å². The van der Waals surface area contributed by atoms with Crippen molar-refractivity contribution in [1.29, 1.82) is 0 Å². The highest BCUT2D eigenvalue weighted by Gasteiger charge is 2.24. The van der Waals surface area contributed by atoms with Gasteiger partial charge in [0.2, 0.25) is 0 Å². The molecule has 2 aromatic heterocycles. The molecule has 0 aliphatic carbocycles. The van der Waals surface area contributed by atoms with E-state index in [9.17, 15) is 4.79 Å². The van der Waals surface area contributed by atoms with Crippen LogP contribution in [-0.4, -0.2) is 46.9 Å². The molecule has 4 nitrogen and oxygen atoms in total. The van der Waals surface area contributed by atoms with Crippen molar-refractivity contribution < 1.29 is 4.79 Å². The van der Waals surface area contributed by atoms with Gasteiger partial charge < -0.3 is 4.90 Å². The molecule has 4 rings (SSSR count). The Hall–Kier alpha value is -1.54. The molecule has 1 saturated heterocycles. The highest BCUT2D eigenvalue weighted by Crippen LogP contribution is 2.26. The Morgan fingerprint density at radius 2 is 1.85 bits per heavy atom. The molecule has 1 fully saturated rings. The molecule has 3 aromatic rings. The molecular weight excluding hydrogens is 442 g/mol. The van der Waals surface area contributed by atoms with Crippen LogP contribution in [0.1, 0.15) is 20.9 Å². The molecule has 1 aliphatic heterocycles. The van der Waals surface area contributed by atoms with E-state index in [-0.39, 0.29) is 5.91 Å². The number of piperazine rings is 1. The van der Waals surface area contributed by atoms with E-state index in [1.807, 2.05) is 10.3 Å². The van der Waals surface area contributed by atoms with Crippen molar-refractivity contribution in [3.05, 3.63) is 61.7 Å². The number of amides is 1. The van der Waals surface area contributed by atoms with E-state index in [2.05, 4.69) is 69.1 Å². The summed E-state index contributed by atoms with van der Waals surface area (Å²) >= 11 is 6.82. The molecule has 0 saturated carbocycles. The monoisotopic (exact) mass is 461 g/mol. The Labute approximate surface area is 175 Å². The number of aromatic nitrogens is 1. The van der Waals surface area contributed by atoms with Gasteiger partial charge in [0.1, 0.15) is 10.7 Å². The first-order chi connectivity index (χ1) is 13.1. The van der Waals surface area contributed by atoms with Crippen molar-refractivity contribution in [3.63, 3.8) is 0 Å². The van der Waals surface area contributed by atoms with Gasteiger partial charge in [-0.25, -0.2) is 4.98 Å². The van der Waals surface area contributed by atoms with E-state index in [1.165, 1.54) is 25.6 Å². The largest absolute Gasteiger partial charge is 0.335 e. The summed E-state index contributed by atoms with van der Waals surface area (Å²) in [5.41, 5.74) is 2.85. The molecule has 0 unspecified atom stereocenters. The van der Waals surface area contributed by atoms with Crippen LogP contribution in [0.4, 0.5) is 0 Å². The van der Waals surface area contributed by atoms with Crippen LogP contribution >= 0.6 is 38.6 Å². The average Bonchev–Trinajstić information content (AvgIpc) is 3.32. The number of benzene rings is 1. The predicted molar refractivity (Wildman–Crippen MR) is 115 cm³/mol. The van der Waals surface area contributed by atoms with Gasteiger partial charge in [-0.15, -0.1) is 22.7 Å². The minimum atomic E-state index is 0.0446. The quantitative estimate of drug-likeness (QED) is 0.554. The lowest BCUT2D eigenvalue weighted by Crippen LogP contribution is -2.48. The number of halogens is 1. The van der Waals surface area contributed by atoms with Gasteiger partial charge in [0, 0.05) is 48.5 Å². The lowest BCUT2D eigenvalue weighted by atomic mass is 10.2. The Bertz CT molecular complexity index is 927. The molecule has 140 valence electrons. The number of hydrogen-bond acceptors (Lipinski definition) is 5. The lowest BCUT2D eigenvalue weighted by molar-refractivity contribution is 0.0625. The Morgan fingerprint density at radius 3 is 2.52 bits per heavy atom. The first kappa shape index (κ1) is 18.8. The van der Waals surface area contributed by atoms with Crippen molar-refractivity contribution in [3.8, 4) is 10.6 Å². The fourth-order valence-electron chi connectivity index (χ4n) is 3.13. The fourth-order valence-corrected chi connectivity index (χ4v) is 5.45. The number of rotatable bonds is 4. The van der Waals surface area contributed by atoms with E-state index in [1.54, 1.807) is 11.3 Å². The van der Waals surface area contributed by atoms with Crippen LogP contribution in [0.3, 0.4) is 0 Å². The molecule has 7 heteroatoms. The highest BCUT2D eigenvalue weighted by molar-refractivity contribution is 9.11. The fraction of sp³-hybridized carbons (Fsp3) is 0.300. The summed E-state index contributed by atoms with van der Waals surface area (Å²) < 4.78 is 1.17. The minimum Gasteiger partial charge on any atom is -0.335 e. The average molecular weight is 462 g/mol. The van der Waals surface area contributed by atoms with E-state index < -0.39 is 0 Å². The topological polar surface area (TPSA) is 36.4 Å². The molecule has 0 N–H and O–H groups in total. The molecule has 27 heavy (non-hydrogen) atoms. The maximum absolute atomic E-state index is 12.8. The predicted octanol–water partition coefficient (Wildman–Crippen LogP) is 4.90. The van der Waals surface area contributed by atoms with Gasteiger partial charge in [0.25, 0.3) is 5.91 Å². The number of nitrogens with zero attached hydrogens (tertiary/aromatic N) is 3. The maximum atomic E-state index is 12.8. The van der Waals surface area contributed by atoms with Crippen molar-refractivity contribution >= 4 is 44.5 Å². The minimum absolute atomic E-state index is 0.0446. The zero-order chi connectivity index (χ0) is 18.8. The molecule has 0 atom stereocenters. The lowest BCUT2D eigenvalue weighted by Gasteiger charge is -2.34. The second-order valence-corrected chi connectivity index (χ2v) is 10.1. The van der Waals surface area contributed by atoms with E-state index >= 15 is 0 Å². The third kappa shape index (κ3) is 4.48. The normalized spacial score (nSPS) is 15.3. The second kappa shape index (κ2) is 8.22. The number of aryl methyl sites for hydroxylation is 1. The maximum Gasteiger partial charge on any atom is 0.273 e. The molecule has 1 aliphatic rings. The first-order valence-corrected chi connectivity index (χ1v) is 11.4. The van der Waals surface area contributed by atoms with Crippen LogP contribution in [0.25, 0.3) is 10.6 Å². The Balaban J connectivity index is 1.36. The summed E-state index contributed by atoms with van der Waals surface area (Å²) in [6.07, 6.45) is 0. The Morgan fingerprint density at radius 1 is 1.11 bits per heavy atom. The molecule has 0 bridgehead atoms. The van der Waals surface area contributed by atoms with Crippen LogP contribution in [0.5, 0.6) is 0 Å². The van der Waals surface area contributed by atoms with Gasteiger partial charge in [0.15, 0.2) is 0 Å². The summed E-state index contributed by atoms with van der Waals surface area (Å²) in [5.74, 6) is 0.0446. The SMILES string of the molecule is Cc1ccc(-c2nc(C(=O)N3CCN(Cc4ccc(Br)s4)CC3)cs2)cc1. The molecule has 0 radical (unpaired) electrons. The summed E-state index contributed by atoms with van der Waals surface area (Å²) in [4.78, 5) is 23.1. The number of carbonyl (C=O) groups excluding carboxylic acids is 1. The second-order valence-electron chi connectivity index (χ2n) is 6.68. The van der Waals surface area contributed by atoms with Gasteiger partial charge in [-0.2, -0.15) is 0 Å². The number of carbonyl (C=O) groups is 1. The van der Waals surface area contributed by atoms with E-state index in [0.717, 1.165) is 43.3 Å². The van der Waals surface area contributed by atoms with E-state index in [4.69, 9.17) is 0 Å². The van der Waals surface area contributed by atoms with Crippen LogP contribution in [0.2, 0.25) is 0 Å². The van der Waals surface area contributed by atoms with Crippen LogP contribution in [0.15, 0.2) is 45.6 Å². The van der Waals surface area contributed by atoms with Crippen molar-refractivity contribution in [2.45, 2.75) is 13.5 Å². The third-order valence-electron chi connectivity index (χ3n) is 4.69. The molecular formula is C20H20BrN3OS2. The number of hydrogen-bond donors (Lipinski definition) is 0. The van der Waals surface area contributed by atoms with Crippen molar-refractivity contribution in [2.75, 3.05) is 26.2 Å². The van der Waals surface area contributed by atoms with Crippen LogP contribution < -0.4 is 0 Å². The summed E-state index contributed by atoms with van der Waals surface area (Å²) in [5, 5.41) is 2.79. The van der Waals surface area contributed by atoms with Gasteiger partial charge in [0.05, 0.1) is 3.79 Å². The highest BCUT2D eigenvalue weighted by atomic mass is 79.9. The number of thiophene rings is 1. The summed E-state index contributed by atoms with van der Waals surface area (Å²) in [7, 11) is 0. The zero-order valence-electron chi connectivity index (χ0n) is 15.0. The molecule has 1 amide bonds. The summed E-state index contributed by atoms with van der Waals surface area (Å²) in [6, 6.07) is 12.5. The number of thiazole rings is 1. The Kier molecular flexibility index (Phi) is 5.73. The third-order valence-corrected chi connectivity index (χ3v) is 7.19. The summed E-state index contributed by atoms with van der Waals surface area (Å²) in [6.45, 7) is 6.32. The van der Waals surface area contributed by atoms with Gasteiger partial charge >= 0.3 is 0 Å². The zero-order valence-corrected chi connectivity index (χ0v) is 18.2. The van der Waals surface area contributed by atoms with Gasteiger partial charge in [-0.05, 0) is 35.0 Å². The van der Waals surface area contributed by atoms with Gasteiger partial charge in [-0.3, -0.25) is 9.69 Å². The molecule has 3 heterocycles. The smallest absolute Gasteiger partial charge is 0.273 e. The van der Waals surface area contributed by atoms with E-state index in [0.29, 0.717) is 5.69 Å². The first-order valence-electron chi connectivity index (χ1n) is 8.87. The molecule has 1 aromatic carbocycles. The van der Waals surface area contributed by atoms with Gasteiger partial charge in [-0.1, -0.05) is 29.8 Å². The standard InChI is InChI=1S/C20H20BrN3OS2/c1-14-2-4-15(5-3-14)19-22-17(13-26-19)20(25)24-10-8-23(9-11-24)12-16-6-7-18(21)27-16/h2-7,13H,8-12H2,1H3.